The summed E-state index contributed by atoms with van der Waals surface area (Å²) in [7, 11) is 1.92. The molecule has 0 atom stereocenters. The predicted octanol–water partition coefficient (Wildman–Crippen LogP) is 1.45. The van der Waals surface area contributed by atoms with Gasteiger partial charge in [0.2, 0.25) is 5.91 Å². The van der Waals surface area contributed by atoms with Crippen LogP contribution in [0.15, 0.2) is 36.7 Å². The van der Waals surface area contributed by atoms with Gasteiger partial charge in [-0.3, -0.25) is 4.79 Å². The molecule has 128 valence electrons. The van der Waals surface area contributed by atoms with Crippen molar-refractivity contribution in [3.8, 4) is 5.75 Å². The molecule has 1 aromatic carbocycles. The Morgan fingerprint density at radius 2 is 2.08 bits per heavy atom. The van der Waals surface area contributed by atoms with Crippen LogP contribution in [0.5, 0.6) is 5.75 Å². The Balaban J connectivity index is 1.56. The molecular formula is C17H22N4O3. The fourth-order valence-electron chi connectivity index (χ4n) is 2.54. The highest BCUT2D eigenvalue weighted by Crippen LogP contribution is 2.22. The third kappa shape index (κ3) is 3.74. The second-order valence-electron chi connectivity index (χ2n) is 5.99. The van der Waals surface area contributed by atoms with Crippen LogP contribution in [0.4, 0.5) is 5.69 Å². The maximum absolute atomic E-state index is 12.4. The van der Waals surface area contributed by atoms with Crippen molar-refractivity contribution in [3.05, 3.63) is 42.5 Å². The molecule has 2 heterocycles. The van der Waals surface area contributed by atoms with Crippen LogP contribution in [0.25, 0.3) is 0 Å². The van der Waals surface area contributed by atoms with Gasteiger partial charge < -0.3 is 25.1 Å². The van der Waals surface area contributed by atoms with E-state index in [4.69, 9.17) is 15.2 Å². The lowest BCUT2D eigenvalue weighted by atomic mass is 9.90. The number of anilines is 1. The van der Waals surface area contributed by atoms with Crippen LogP contribution < -0.4 is 15.8 Å². The second-order valence-corrected chi connectivity index (χ2v) is 5.99. The number of aryl methyl sites for hydroxylation is 1. The van der Waals surface area contributed by atoms with Gasteiger partial charge >= 0.3 is 0 Å². The summed E-state index contributed by atoms with van der Waals surface area (Å²) in [5.41, 5.74) is 6.01. The van der Waals surface area contributed by atoms with Gasteiger partial charge in [0.15, 0.2) is 0 Å². The molecule has 1 saturated heterocycles. The van der Waals surface area contributed by atoms with Gasteiger partial charge in [0.25, 0.3) is 0 Å². The van der Waals surface area contributed by atoms with E-state index in [2.05, 4.69) is 10.3 Å². The Kier molecular flexibility index (Phi) is 4.82. The standard InChI is InChI=1S/C17H22N4O3/c1-21-9-8-19-15(21)12-24-14-4-2-13(3-5-14)20-16(22)17(18)6-10-23-11-7-17/h2-5,8-9H,6-7,10-12,18H2,1H3,(H,20,22). The van der Waals surface area contributed by atoms with Crippen molar-refractivity contribution in [1.29, 1.82) is 0 Å². The number of carbonyl (C=O) groups excluding carboxylic acids is 1. The summed E-state index contributed by atoms with van der Waals surface area (Å²) < 4.78 is 12.9. The van der Waals surface area contributed by atoms with Gasteiger partial charge in [-0.25, -0.2) is 4.98 Å². The van der Waals surface area contributed by atoms with E-state index < -0.39 is 5.54 Å². The Morgan fingerprint density at radius 3 is 2.71 bits per heavy atom. The summed E-state index contributed by atoms with van der Waals surface area (Å²) in [6.45, 7) is 1.43. The molecule has 0 bridgehead atoms. The zero-order chi connectivity index (χ0) is 17.0. The number of nitrogens with zero attached hydrogens (tertiary/aromatic N) is 2. The quantitative estimate of drug-likeness (QED) is 0.866. The molecule has 0 radical (unpaired) electrons. The number of amides is 1. The fraction of sp³-hybridized carbons (Fsp3) is 0.412. The number of hydrogen-bond acceptors (Lipinski definition) is 5. The molecule has 3 rings (SSSR count). The van der Waals surface area contributed by atoms with E-state index in [0.717, 1.165) is 5.82 Å². The lowest BCUT2D eigenvalue weighted by molar-refractivity contribution is -0.124. The van der Waals surface area contributed by atoms with Crippen molar-refractivity contribution in [2.45, 2.75) is 25.0 Å². The molecule has 1 amide bonds. The highest BCUT2D eigenvalue weighted by atomic mass is 16.5. The summed E-state index contributed by atoms with van der Waals surface area (Å²) in [5, 5.41) is 2.87. The van der Waals surface area contributed by atoms with Crippen molar-refractivity contribution in [2.75, 3.05) is 18.5 Å². The molecule has 7 heteroatoms. The maximum atomic E-state index is 12.4. The zero-order valence-electron chi connectivity index (χ0n) is 13.7. The van der Waals surface area contributed by atoms with Crippen LogP contribution in [0.1, 0.15) is 18.7 Å². The number of rotatable bonds is 5. The Bertz CT molecular complexity index is 690. The van der Waals surface area contributed by atoms with Gasteiger partial charge in [0.05, 0.1) is 0 Å². The summed E-state index contributed by atoms with van der Waals surface area (Å²) in [4.78, 5) is 16.6. The first-order valence-electron chi connectivity index (χ1n) is 7.94. The van der Waals surface area contributed by atoms with Crippen LogP contribution in [0.3, 0.4) is 0 Å². The normalized spacial score (nSPS) is 16.6. The smallest absolute Gasteiger partial charge is 0.244 e. The lowest BCUT2D eigenvalue weighted by Gasteiger charge is -2.31. The van der Waals surface area contributed by atoms with Crippen LogP contribution in [-0.2, 0) is 23.2 Å². The van der Waals surface area contributed by atoms with Crippen molar-refractivity contribution in [3.63, 3.8) is 0 Å². The van der Waals surface area contributed by atoms with Crippen LogP contribution in [-0.4, -0.2) is 34.2 Å². The van der Waals surface area contributed by atoms with Crippen LogP contribution in [0, 0.1) is 0 Å². The van der Waals surface area contributed by atoms with Gasteiger partial charge in [-0.15, -0.1) is 0 Å². The molecule has 7 nitrogen and oxygen atoms in total. The van der Waals surface area contributed by atoms with Crippen LogP contribution in [0.2, 0.25) is 0 Å². The molecule has 2 aromatic rings. The van der Waals surface area contributed by atoms with E-state index in [0.29, 0.717) is 44.1 Å². The van der Waals surface area contributed by atoms with Gasteiger partial charge in [0, 0.05) is 38.3 Å². The van der Waals surface area contributed by atoms with E-state index in [1.807, 2.05) is 29.9 Å². The lowest BCUT2D eigenvalue weighted by Crippen LogP contribution is -2.54. The Hall–Kier alpha value is -2.38. The Morgan fingerprint density at radius 1 is 1.38 bits per heavy atom. The number of benzene rings is 1. The molecule has 0 aliphatic carbocycles. The maximum Gasteiger partial charge on any atom is 0.244 e. The highest BCUT2D eigenvalue weighted by molar-refractivity contribution is 5.98. The number of nitrogens with two attached hydrogens (primary N) is 1. The van der Waals surface area contributed by atoms with Crippen molar-refractivity contribution in [2.24, 2.45) is 12.8 Å². The summed E-state index contributed by atoms with van der Waals surface area (Å²) >= 11 is 0. The molecule has 24 heavy (non-hydrogen) atoms. The van der Waals surface area contributed by atoms with E-state index >= 15 is 0 Å². The van der Waals surface area contributed by atoms with E-state index in [-0.39, 0.29) is 5.91 Å². The zero-order valence-corrected chi connectivity index (χ0v) is 13.7. The van der Waals surface area contributed by atoms with E-state index in [9.17, 15) is 4.79 Å². The molecule has 1 aromatic heterocycles. The van der Waals surface area contributed by atoms with Crippen molar-refractivity contribution in [1.82, 2.24) is 9.55 Å². The minimum Gasteiger partial charge on any atom is -0.486 e. The third-order valence-electron chi connectivity index (χ3n) is 4.24. The molecule has 0 unspecified atom stereocenters. The largest absolute Gasteiger partial charge is 0.486 e. The Labute approximate surface area is 140 Å². The molecule has 1 fully saturated rings. The van der Waals surface area contributed by atoms with Crippen molar-refractivity contribution >= 4 is 11.6 Å². The molecule has 1 aliphatic rings. The highest BCUT2D eigenvalue weighted by Gasteiger charge is 2.35. The number of nitrogens with one attached hydrogen (secondary N) is 1. The SMILES string of the molecule is Cn1ccnc1COc1ccc(NC(=O)C2(N)CCOCC2)cc1. The number of imidazole rings is 1. The summed E-state index contributed by atoms with van der Waals surface area (Å²) in [5.74, 6) is 1.38. The minimum atomic E-state index is -0.856. The topological polar surface area (TPSA) is 91.4 Å². The third-order valence-corrected chi connectivity index (χ3v) is 4.24. The minimum absolute atomic E-state index is 0.174. The van der Waals surface area contributed by atoms with E-state index in [1.165, 1.54) is 0 Å². The first kappa shape index (κ1) is 16.5. The molecule has 3 N–H and O–H groups in total. The summed E-state index contributed by atoms with van der Waals surface area (Å²) in [6, 6.07) is 7.22. The monoisotopic (exact) mass is 330 g/mol. The molecule has 0 saturated carbocycles. The number of ether oxygens (including phenoxy) is 2. The van der Waals surface area contributed by atoms with Crippen molar-refractivity contribution < 1.29 is 14.3 Å². The summed E-state index contributed by atoms with van der Waals surface area (Å²) in [6.07, 6.45) is 4.67. The van der Waals surface area contributed by atoms with Gasteiger partial charge in [-0.1, -0.05) is 0 Å². The predicted molar refractivity (Wildman–Crippen MR) is 89.6 cm³/mol. The molecule has 1 aliphatic heterocycles. The van der Waals surface area contributed by atoms with Gasteiger partial charge in [-0.2, -0.15) is 0 Å². The van der Waals surface area contributed by atoms with Crippen LogP contribution >= 0.6 is 0 Å². The molecular weight excluding hydrogens is 308 g/mol. The number of aromatic nitrogens is 2. The fourth-order valence-corrected chi connectivity index (χ4v) is 2.54. The number of hydrogen-bond donors (Lipinski definition) is 2. The van der Waals surface area contributed by atoms with Gasteiger partial charge in [-0.05, 0) is 37.1 Å². The molecule has 0 spiro atoms. The first-order chi connectivity index (χ1) is 11.6. The van der Waals surface area contributed by atoms with Gasteiger partial charge in [0.1, 0.15) is 23.7 Å². The first-order valence-corrected chi connectivity index (χ1v) is 7.94. The second kappa shape index (κ2) is 7.02. The van der Waals surface area contributed by atoms with E-state index in [1.54, 1.807) is 18.3 Å². The average Bonchev–Trinajstić information content (AvgIpc) is 3.00. The average molecular weight is 330 g/mol. The number of carbonyl (C=O) groups is 1.